The van der Waals surface area contributed by atoms with Gasteiger partial charge in [-0.25, -0.2) is 0 Å². The number of hydrogen-bond donors (Lipinski definition) is 0. The Bertz CT molecular complexity index is 208. The van der Waals surface area contributed by atoms with Crippen molar-refractivity contribution in [2.45, 2.75) is 77.3 Å². The van der Waals surface area contributed by atoms with E-state index in [2.05, 4.69) is 33.9 Å². The van der Waals surface area contributed by atoms with Gasteiger partial charge in [-0.15, -0.1) is 0 Å². The van der Waals surface area contributed by atoms with Gasteiger partial charge in [0.05, 0.1) is 5.60 Å². The summed E-state index contributed by atoms with van der Waals surface area (Å²) in [7, 11) is -1.29. The Morgan fingerprint density at radius 3 is 2.56 bits per heavy atom. The second-order valence-electron chi connectivity index (χ2n) is 6.49. The summed E-state index contributed by atoms with van der Waals surface area (Å²) in [6.45, 7) is 11.9. The molecule has 1 heterocycles. The van der Waals surface area contributed by atoms with Gasteiger partial charge >= 0.3 is 0 Å². The highest BCUT2D eigenvalue weighted by atomic mass is 28.4. The zero-order valence-electron chi connectivity index (χ0n) is 11.6. The first-order valence-electron chi connectivity index (χ1n) is 6.60. The van der Waals surface area contributed by atoms with E-state index in [4.69, 9.17) is 9.16 Å². The topological polar surface area (TPSA) is 18.5 Å². The Morgan fingerprint density at radius 1 is 1.31 bits per heavy atom. The summed E-state index contributed by atoms with van der Waals surface area (Å²) in [5.41, 5.74) is 0.00143. The second kappa shape index (κ2) is 5.65. The first kappa shape index (κ1) is 14.2. The SMILES string of the molecule is CC(C)(C)OCCCC1CCC[Si](C)(C)O1. The van der Waals surface area contributed by atoms with Crippen molar-refractivity contribution < 1.29 is 9.16 Å². The molecular formula is C13H28O2Si. The Balaban J connectivity index is 2.13. The summed E-state index contributed by atoms with van der Waals surface area (Å²) in [6.07, 6.45) is 5.44. The van der Waals surface area contributed by atoms with Gasteiger partial charge in [0.2, 0.25) is 0 Å². The van der Waals surface area contributed by atoms with Crippen molar-refractivity contribution in [1.29, 1.82) is 0 Å². The van der Waals surface area contributed by atoms with Crippen LogP contribution in [0.2, 0.25) is 19.1 Å². The van der Waals surface area contributed by atoms with Crippen LogP contribution in [-0.2, 0) is 9.16 Å². The first-order chi connectivity index (χ1) is 7.29. The maximum atomic E-state index is 6.19. The average Bonchev–Trinajstić information content (AvgIpc) is 2.09. The Kier molecular flexibility index (Phi) is 5.01. The zero-order chi connectivity index (χ0) is 12.2. The Labute approximate surface area is 102 Å². The molecule has 0 aromatic heterocycles. The monoisotopic (exact) mass is 244 g/mol. The van der Waals surface area contributed by atoms with E-state index in [1.165, 1.54) is 25.3 Å². The molecule has 0 aromatic carbocycles. The van der Waals surface area contributed by atoms with Crippen LogP contribution in [0.1, 0.15) is 46.5 Å². The third kappa shape index (κ3) is 6.02. The molecule has 1 saturated heterocycles. The van der Waals surface area contributed by atoms with Crippen LogP contribution in [0.5, 0.6) is 0 Å². The number of hydrogen-bond acceptors (Lipinski definition) is 2. The van der Waals surface area contributed by atoms with Crippen LogP contribution < -0.4 is 0 Å². The lowest BCUT2D eigenvalue weighted by Crippen LogP contribution is -2.39. The predicted molar refractivity (Wildman–Crippen MR) is 71.3 cm³/mol. The summed E-state index contributed by atoms with van der Waals surface area (Å²) in [5.74, 6) is 0. The lowest BCUT2D eigenvalue weighted by molar-refractivity contribution is -0.00872. The maximum absolute atomic E-state index is 6.19. The van der Waals surface area contributed by atoms with E-state index in [0.717, 1.165) is 13.0 Å². The molecule has 96 valence electrons. The molecule has 1 fully saturated rings. The van der Waals surface area contributed by atoms with Gasteiger partial charge in [-0.3, -0.25) is 0 Å². The summed E-state index contributed by atoms with van der Waals surface area (Å²) in [4.78, 5) is 0. The minimum atomic E-state index is -1.29. The van der Waals surface area contributed by atoms with E-state index >= 15 is 0 Å². The summed E-state index contributed by atoms with van der Waals surface area (Å²) in [6, 6.07) is 1.34. The van der Waals surface area contributed by atoms with Crippen LogP contribution in [0.15, 0.2) is 0 Å². The van der Waals surface area contributed by atoms with Gasteiger partial charge in [-0.1, -0.05) is 6.42 Å². The molecule has 0 N–H and O–H groups in total. The van der Waals surface area contributed by atoms with Gasteiger partial charge in [-0.2, -0.15) is 0 Å². The summed E-state index contributed by atoms with van der Waals surface area (Å²) < 4.78 is 11.9. The Morgan fingerprint density at radius 2 is 2.00 bits per heavy atom. The highest BCUT2D eigenvalue weighted by molar-refractivity contribution is 6.71. The van der Waals surface area contributed by atoms with Crippen molar-refractivity contribution in [2.24, 2.45) is 0 Å². The quantitative estimate of drug-likeness (QED) is 0.550. The Hall–Kier alpha value is 0.137. The predicted octanol–water partition coefficient (Wildman–Crippen LogP) is 3.97. The molecule has 0 aliphatic carbocycles. The first-order valence-corrected chi connectivity index (χ1v) is 9.72. The molecule has 0 spiro atoms. The summed E-state index contributed by atoms with van der Waals surface area (Å²) in [5, 5.41) is 0. The molecule has 2 nitrogen and oxygen atoms in total. The molecule has 1 aliphatic rings. The van der Waals surface area contributed by atoms with Crippen molar-refractivity contribution >= 4 is 8.32 Å². The minimum Gasteiger partial charge on any atom is -0.414 e. The lowest BCUT2D eigenvalue weighted by atomic mass is 10.1. The molecule has 0 radical (unpaired) electrons. The van der Waals surface area contributed by atoms with E-state index < -0.39 is 8.32 Å². The molecule has 1 atom stereocenters. The maximum Gasteiger partial charge on any atom is 0.187 e. The molecule has 3 heteroatoms. The van der Waals surface area contributed by atoms with Crippen LogP contribution in [0.3, 0.4) is 0 Å². The van der Waals surface area contributed by atoms with E-state index in [0.29, 0.717) is 6.10 Å². The van der Waals surface area contributed by atoms with Crippen molar-refractivity contribution in [3.05, 3.63) is 0 Å². The molecular weight excluding hydrogens is 216 g/mol. The molecule has 1 unspecified atom stereocenters. The normalized spacial score (nSPS) is 25.7. The summed E-state index contributed by atoms with van der Waals surface area (Å²) >= 11 is 0. The van der Waals surface area contributed by atoms with Gasteiger partial charge < -0.3 is 9.16 Å². The molecule has 16 heavy (non-hydrogen) atoms. The van der Waals surface area contributed by atoms with Crippen molar-refractivity contribution in [2.75, 3.05) is 6.61 Å². The van der Waals surface area contributed by atoms with Gasteiger partial charge in [0.25, 0.3) is 0 Å². The van der Waals surface area contributed by atoms with Gasteiger partial charge in [0, 0.05) is 12.7 Å². The zero-order valence-corrected chi connectivity index (χ0v) is 12.6. The van der Waals surface area contributed by atoms with Gasteiger partial charge in [0.15, 0.2) is 8.32 Å². The lowest BCUT2D eigenvalue weighted by Gasteiger charge is -2.34. The standard InChI is InChI=1S/C13H28O2Si/c1-13(2,3)14-10-6-8-12-9-7-11-16(4,5)15-12/h12H,6-11H2,1-5H3. The van der Waals surface area contributed by atoms with Crippen LogP contribution in [0.25, 0.3) is 0 Å². The van der Waals surface area contributed by atoms with E-state index in [-0.39, 0.29) is 5.60 Å². The highest BCUT2D eigenvalue weighted by Crippen LogP contribution is 2.28. The van der Waals surface area contributed by atoms with Crippen molar-refractivity contribution in [3.63, 3.8) is 0 Å². The number of rotatable bonds is 4. The third-order valence-corrected chi connectivity index (χ3v) is 5.53. The van der Waals surface area contributed by atoms with Crippen LogP contribution >= 0.6 is 0 Å². The number of ether oxygens (including phenoxy) is 1. The molecule has 0 saturated carbocycles. The van der Waals surface area contributed by atoms with Gasteiger partial charge in [0.1, 0.15) is 0 Å². The van der Waals surface area contributed by atoms with Crippen LogP contribution in [-0.4, -0.2) is 26.6 Å². The van der Waals surface area contributed by atoms with Crippen molar-refractivity contribution in [3.8, 4) is 0 Å². The van der Waals surface area contributed by atoms with Crippen LogP contribution in [0, 0.1) is 0 Å². The van der Waals surface area contributed by atoms with E-state index in [9.17, 15) is 0 Å². The average molecular weight is 244 g/mol. The van der Waals surface area contributed by atoms with Gasteiger partial charge in [-0.05, 0) is 59.2 Å². The largest absolute Gasteiger partial charge is 0.414 e. The van der Waals surface area contributed by atoms with E-state index in [1.807, 2.05) is 0 Å². The molecule has 1 aliphatic heterocycles. The van der Waals surface area contributed by atoms with E-state index in [1.54, 1.807) is 0 Å². The van der Waals surface area contributed by atoms with Crippen molar-refractivity contribution in [1.82, 2.24) is 0 Å². The molecule has 0 bridgehead atoms. The fourth-order valence-corrected chi connectivity index (χ4v) is 4.53. The smallest absolute Gasteiger partial charge is 0.187 e. The van der Waals surface area contributed by atoms with Crippen LogP contribution in [0.4, 0.5) is 0 Å². The fraction of sp³-hybridized carbons (Fsp3) is 1.00. The minimum absolute atomic E-state index is 0.00143. The highest BCUT2D eigenvalue weighted by Gasteiger charge is 2.30. The fourth-order valence-electron chi connectivity index (χ4n) is 2.22. The third-order valence-electron chi connectivity index (χ3n) is 3.00. The molecule has 1 rings (SSSR count). The second-order valence-corrected chi connectivity index (χ2v) is 10.7. The molecule has 0 amide bonds. The molecule has 0 aromatic rings.